The molecule has 5 aromatic carbocycles. The summed E-state index contributed by atoms with van der Waals surface area (Å²) < 4.78 is 6.38. The van der Waals surface area contributed by atoms with Crippen LogP contribution in [0, 0.1) is 0 Å². The summed E-state index contributed by atoms with van der Waals surface area (Å²) in [6.45, 7) is 0. The number of hydrogen-bond acceptors (Lipinski definition) is 2. The van der Waals surface area contributed by atoms with Crippen LogP contribution in [0.4, 0.5) is 0 Å². The highest BCUT2D eigenvalue weighted by Crippen LogP contribution is 2.39. The van der Waals surface area contributed by atoms with Crippen LogP contribution in [0.2, 0.25) is 0 Å². The molecular formula is C35H23NO. The molecule has 0 saturated heterocycles. The van der Waals surface area contributed by atoms with Gasteiger partial charge in [0.25, 0.3) is 0 Å². The normalized spacial score (nSPS) is 13.1. The van der Waals surface area contributed by atoms with Crippen molar-refractivity contribution in [1.29, 1.82) is 0 Å². The van der Waals surface area contributed by atoms with Crippen LogP contribution in [0.15, 0.2) is 114 Å². The van der Waals surface area contributed by atoms with Gasteiger partial charge in [-0.05, 0) is 80.7 Å². The molecule has 1 aliphatic rings. The lowest BCUT2D eigenvalue weighted by molar-refractivity contribution is 0.596. The van der Waals surface area contributed by atoms with E-state index in [2.05, 4.69) is 108 Å². The SMILES string of the molecule is C1=Cc2oc3c(-c4cccc(-c5ccc6c7cnccc7c7ccccc7c6c5)c4)cccc3c2CC1. The number of para-hydroxylation sites is 1. The minimum atomic E-state index is 0.986. The number of nitrogens with zero attached hydrogens (tertiary/aromatic N) is 1. The highest BCUT2D eigenvalue weighted by Gasteiger charge is 2.18. The summed E-state index contributed by atoms with van der Waals surface area (Å²) in [6.07, 6.45) is 10.3. The van der Waals surface area contributed by atoms with Gasteiger partial charge < -0.3 is 4.42 Å². The van der Waals surface area contributed by atoms with E-state index in [-0.39, 0.29) is 0 Å². The van der Waals surface area contributed by atoms with Crippen LogP contribution in [-0.2, 0) is 6.42 Å². The maximum Gasteiger partial charge on any atom is 0.142 e. The summed E-state index contributed by atoms with van der Waals surface area (Å²) in [6, 6.07) is 33.0. The molecule has 7 aromatic rings. The molecule has 2 heterocycles. The third-order valence-corrected chi connectivity index (χ3v) is 7.82. The third kappa shape index (κ3) is 3.09. The van der Waals surface area contributed by atoms with E-state index in [1.807, 2.05) is 12.4 Å². The molecule has 37 heavy (non-hydrogen) atoms. The van der Waals surface area contributed by atoms with Gasteiger partial charge in [0.2, 0.25) is 0 Å². The molecule has 0 amide bonds. The van der Waals surface area contributed by atoms with Gasteiger partial charge in [-0.1, -0.05) is 78.9 Å². The second kappa shape index (κ2) is 7.91. The average Bonchev–Trinajstić information content (AvgIpc) is 3.36. The molecule has 0 fully saturated rings. The number of rotatable bonds is 2. The zero-order valence-corrected chi connectivity index (χ0v) is 20.2. The Labute approximate surface area is 214 Å². The fourth-order valence-electron chi connectivity index (χ4n) is 6.07. The standard InChI is InChI=1S/C35H23NO/c1-2-10-27-26(9-1)29-17-18-36-21-33(29)28-16-15-23(20-32(27)28)22-7-5-8-24(19-22)25-12-6-13-31-30-11-3-4-14-34(30)37-35(25)31/h1-2,4-10,12-21H,3,11H2. The quantitative estimate of drug-likeness (QED) is 0.234. The van der Waals surface area contributed by atoms with Crippen LogP contribution in [0.25, 0.3) is 71.6 Å². The van der Waals surface area contributed by atoms with Crippen molar-refractivity contribution in [2.45, 2.75) is 12.8 Å². The van der Waals surface area contributed by atoms with Gasteiger partial charge in [0.1, 0.15) is 11.3 Å². The molecule has 2 aromatic heterocycles. The number of allylic oxidation sites excluding steroid dienone is 1. The van der Waals surface area contributed by atoms with E-state index in [0.29, 0.717) is 0 Å². The predicted molar refractivity (Wildman–Crippen MR) is 155 cm³/mol. The number of aromatic nitrogens is 1. The Morgan fingerprint density at radius 1 is 0.595 bits per heavy atom. The van der Waals surface area contributed by atoms with Crippen molar-refractivity contribution in [2.24, 2.45) is 0 Å². The summed E-state index contributed by atoms with van der Waals surface area (Å²) in [5, 5.41) is 8.71. The maximum atomic E-state index is 6.38. The first kappa shape index (κ1) is 20.5. The van der Waals surface area contributed by atoms with E-state index in [0.717, 1.165) is 29.7 Å². The monoisotopic (exact) mass is 473 g/mol. The molecule has 0 saturated carbocycles. The van der Waals surface area contributed by atoms with Gasteiger partial charge in [-0.15, -0.1) is 0 Å². The molecule has 2 nitrogen and oxygen atoms in total. The highest BCUT2D eigenvalue weighted by molar-refractivity contribution is 6.25. The van der Waals surface area contributed by atoms with Gasteiger partial charge in [0.05, 0.1) is 0 Å². The van der Waals surface area contributed by atoms with E-state index in [1.54, 1.807) is 0 Å². The Balaban J connectivity index is 1.32. The molecule has 0 bridgehead atoms. The van der Waals surface area contributed by atoms with Gasteiger partial charge in [-0.25, -0.2) is 0 Å². The molecule has 0 spiro atoms. The van der Waals surface area contributed by atoms with Crippen molar-refractivity contribution in [3.05, 3.63) is 121 Å². The minimum absolute atomic E-state index is 0.986. The van der Waals surface area contributed by atoms with Crippen LogP contribution < -0.4 is 0 Å². The first-order chi connectivity index (χ1) is 18.3. The summed E-state index contributed by atoms with van der Waals surface area (Å²) in [5.74, 6) is 1.01. The molecule has 2 heteroatoms. The van der Waals surface area contributed by atoms with E-state index < -0.39 is 0 Å². The van der Waals surface area contributed by atoms with Crippen molar-refractivity contribution in [2.75, 3.05) is 0 Å². The molecule has 0 radical (unpaired) electrons. The lowest BCUT2D eigenvalue weighted by atomic mass is 9.92. The van der Waals surface area contributed by atoms with E-state index in [4.69, 9.17) is 4.42 Å². The molecule has 0 N–H and O–H groups in total. The fraction of sp³-hybridized carbons (Fsp3) is 0.0571. The van der Waals surface area contributed by atoms with E-state index >= 15 is 0 Å². The van der Waals surface area contributed by atoms with Crippen LogP contribution >= 0.6 is 0 Å². The first-order valence-corrected chi connectivity index (χ1v) is 12.8. The minimum Gasteiger partial charge on any atom is -0.456 e. The van der Waals surface area contributed by atoms with Gasteiger partial charge in [0.15, 0.2) is 0 Å². The van der Waals surface area contributed by atoms with Crippen molar-refractivity contribution >= 4 is 49.4 Å². The Morgan fingerprint density at radius 3 is 2.30 bits per heavy atom. The Hall–Kier alpha value is -4.69. The Morgan fingerprint density at radius 2 is 1.35 bits per heavy atom. The molecule has 174 valence electrons. The lowest BCUT2D eigenvalue weighted by Crippen LogP contribution is -1.89. The summed E-state index contributed by atoms with van der Waals surface area (Å²) in [7, 11) is 0. The van der Waals surface area contributed by atoms with Crippen molar-refractivity contribution in [1.82, 2.24) is 4.98 Å². The number of furan rings is 1. The van der Waals surface area contributed by atoms with E-state index in [9.17, 15) is 0 Å². The molecule has 0 unspecified atom stereocenters. The maximum absolute atomic E-state index is 6.38. The number of aryl methyl sites for hydroxylation is 1. The zero-order chi connectivity index (χ0) is 24.3. The number of benzene rings is 5. The second-order valence-electron chi connectivity index (χ2n) is 9.88. The highest BCUT2D eigenvalue weighted by atomic mass is 16.3. The second-order valence-corrected chi connectivity index (χ2v) is 9.88. The van der Waals surface area contributed by atoms with Gasteiger partial charge in [0, 0.05) is 34.3 Å². The van der Waals surface area contributed by atoms with Crippen molar-refractivity contribution in [3.63, 3.8) is 0 Å². The van der Waals surface area contributed by atoms with Gasteiger partial charge >= 0.3 is 0 Å². The van der Waals surface area contributed by atoms with Crippen molar-refractivity contribution in [3.8, 4) is 22.3 Å². The van der Waals surface area contributed by atoms with Crippen LogP contribution in [-0.4, -0.2) is 4.98 Å². The fourth-order valence-corrected chi connectivity index (χ4v) is 6.07. The predicted octanol–water partition coefficient (Wildman–Crippen LogP) is 9.58. The average molecular weight is 474 g/mol. The number of hydrogen-bond donors (Lipinski definition) is 0. The molecular weight excluding hydrogens is 450 g/mol. The Bertz CT molecular complexity index is 2010. The van der Waals surface area contributed by atoms with Gasteiger partial charge in [-0.3, -0.25) is 4.98 Å². The first-order valence-electron chi connectivity index (χ1n) is 12.8. The lowest BCUT2D eigenvalue weighted by Gasteiger charge is -2.12. The van der Waals surface area contributed by atoms with Crippen LogP contribution in [0.1, 0.15) is 17.7 Å². The van der Waals surface area contributed by atoms with Crippen LogP contribution in [0.5, 0.6) is 0 Å². The molecule has 0 aliphatic heterocycles. The van der Waals surface area contributed by atoms with Crippen LogP contribution in [0.3, 0.4) is 0 Å². The summed E-state index contributed by atoms with van der Waals surface area (Å²) >= 11 is 0. The third-order valence-electron chi connectivity index (χ3n) is 7.82. The van der Waals surface area contributed by atoms with Gasteiger partial charge in [-0.2, -0.15) is 0 Å². The molecule has 1 aliphatic carbocycles. The van der Waals surface area contributed by atoms with Crippen molar-refractivity contribution < 1.29 is 4.42 Å². The number of fused-ring (bicyclic) bond motifs is 9. The topological polar surface area (TPSA) is 26.0 Å². The smallest absolute Gasteiger partial charge is 0.142 e. The molecule has 0 atom stereocenters. The van der Waals surface area contributed by atoms with E-state index in [1.165, 1.54) is 60.0 Å². The summed E-state index contributed by atoms with van der Waals surface area (Å²) in [4.78, 5) is 4.43. The largest absolute Gasteiger partial charge is 0.456 e. The summed E-state index contributed by atoms with van der Waals surface area (Å²) in [5.41, 5.74) is 7.04. The molecule has 8 rings (SSSR count). The number of pyridine rings is 1. The zero-order valence-electron chi connectivity index (χ0n) is 20.2. The Kier molecular flexibility index (Phi) is 4.38.